The van der Waals surface area contributed by atoms with Crippen molar-refractivity contribution in [3.05, 3.63) is 11.6 Å². The first-order valence-corrected chi connectivity index (χ1v) is 17.1. The highest BCUT2D eigenvalue weighted by Crippen LogP contribution is 2.76. The monoisotopic (exact) mass is 570 g/mol. The second-order valence-electron chi connectivity index (χ2n) is 16.7. The molecule has 4 rings (SSSR count). The van der Waals surface area contributed by atoms with Crippen molar-refractivity contribution in [2.24, 2.45) is 50.7 Å². The number of ether oxygens (including phenoxy) is 2. The van der Waals surface area contributed by atoms with E-state index in [0.29, 0.717) is 28.6 Å². The Labute approximate surface area is 252 Å². The van der Waals surface area contributed by atoms with E-state index in [9.17, 15) is 9.59 Å². The van der Waals surface area contributed by atoms with Crippen LogP contribution >= 0.6 is 0 Å². The molecular formula is C37H62O4. The van der Waals surface area contributed by atoms with Crippen LogP contribution in [0.2, 0.25) is 0 Å². The van der Waals surface area contributed by atoms with Gasteiger partial charge in [-0.2, -0.15) is 0 Å². The third kappa shape index (κ3) is 5.57. The highest BCUT2D eigenvalue weighted by Gasteiger charge is 2.68. The molecule has 0 spiro atoms. The summed E-state index contributed by atoms with van der Waals surface area (Å²) < 4.78 is 11.1. The number of fused-ring (bicyclic) bond motifs is 5. The first kappa shape index (κ1) is 32.6. The number of carbonyl (C=O) groups is 2. The smallest absolute Gasteiger partial charge is 0.344 e. The van der Waals surface area contributed by atoms with E-state index in [4.69, 9.17) is 9.47 Å². The van der Waals surface area contributed by atoms with Gasteiger partial charge in [-0.05, 0) is 103 Å². The van der Waals surface area contributed by atoms with E-state index in [-0.39, 0.29) is 35.4 Å². The molecule has 0 bridgehead atoms. The van der Waals surface area contributed by atoms with Gasteiger partial charge < -0.3 is 9.47 Å². The SMILES string of the molecule is CCC(C)C(=O)OCC(=O)OC1CC[C@@]2(C)C(=CC[C@H]3[C@]4(C)CC[C@](C)(C(C)(C)CCCC(C)C)[C@H]4CC[C@@]32C)C1. The molecule has 0 aromatic rings. The summed E-state index contributed by atoms with van der Waals surface area (Å²) >= 11 is 0. The van der Waals surface area contributed by atoms with Crippen LogP contribution in [-0.4, -0.2) is 24.6 Å². The molecule has 0 aromatic carbocycles. The van der Waals surface area contributed by atoms with Crippen LogP contribution in [0.3, 0.4) is 0 Å². The number of allylic oxidation sites excluding steroid dienone is 1. The largest absolute Gasteiger partial charge is 0.460 e. The molecule has 0 saturated heterocycles. The second-order valence-corrected chi connectivity index (χ2v) is 16.7. The maximum absolute atomic E-state index is 12.5. The zero-order valence-electron chi connectivity index (χ0n) is 28.3. The average Bonchev–Trinajstić information content (AvgIpc) is 3.19. The molecule has 4 nitrogen and oxygen atoms in total. The summed E-state index contributed by atoms with van der Waals surface area (Å²) in [6, 6.07) is 0. The third-order valence-corrected chi connectivity index (χ3v) is 14.0. The van der Waals surface area contributed by atoms with Gasteiger partial charge in [0, 0.05) is 6.42 Å². The molecule has 0 aliphatic heterocycles. The lowest BCUT2D eigenvalue weighted by Crippen LogP contribution is -2.59. The molecule has 0 N–H and O–H groups in total. The Morgan fingerprint density at radius 2 is 1.71 bits per heavy atom. The van der Waals surface area contributed by atoms with Crippen LogP contribution < -0.4 is 0 Å². The zero-order chi connectivity index (χ0) is 30.4. The predicted molar refractivity (Wildman–Crippen MR) is 167 cm³/mol. The van der Waals surface area contributed by atoms with Crippen LogP contribution in [0.4, 0.5) is 0 Å². The van der Waals surface area contributed by atoms with E-state index in [2.05, 4.69) is 61.5 Å². The van der Waals surface area contributed by atoms with Crippen molar-refractivity contribution < 1.29 is 19.1 Å². The van der Waals surface area contributed by atoms with Crippen molar-refractivity contribution in [1.29, 1.82) is 0 Å². The van der Waals surface area contributed by atoms with E-state index >= 15 is 0 Å². The van der Waals surface area contributed by atoms with Crippen LogP contribution in [0.15, 0.2) is 11.6 Å². The number of hydrogen-bond acceptors (Lipinski definition) is 4. The summed E-state index contributed by atoms with van der Waals surface area (Å²) in [7, 11) is 0. The molecule has 4 aliphatic rings. The summed E-state index contributed by atoms with van der Waals surface area (Å²) in [5.41, 5.74) is 3.08. The van der Waals surface area contributed by atoms with Crippen molar-refractivity contribution in [3.8, 4) is 0 Å². The minimum absolute atomic E-state index is 0.113. The fourth-order valence-electron chi connectivity index (χ4n) is 10.4. The Bertz CT molecular complexity index is 1010. The summed E-state index contributed by atoms with van der Waals surface area (Å²) in [4.78, 5) is 24.5. The van der Waals surface area contributed by atoms with Gasteiger partial charge in [0.15, 0.2) is 6.61 Å². The molecule has 4 aliphatic carbocycles. The molecule has 3 saturated carbocycles. The maximum Gasteiger partial charge on any atom is 0.344 e. The van der Waals surface area contributed by atoms with Gasteiger partial charge in [-0.3, -0.25) is 4.79 Å². The van der Waals surface area contributed by atoms with Crippen molar-refractivity contribution in [2.45, 2.75) is 152 Å². The third-order valence-electron chi connectivity index (χ3n) is 14.0. The van der Waals surface area contributed by atoms with Crippen molar-refractivity contribution >= 4 is 11.9 Å². The Morgan fingerprint density at radius 1 is 1.00 bits per heavy atom. The zero-order valence-corrected chi connectivity index (χ0v) is 28.3. The minimum atomic E-state index is -0.412. The fourth-order valence-corrected chi connectivity index (χ4v) is 10.4. The summed E-state index contributed by atoms with van der Waals surface area (Å²) in [6.45, 7) is 23.9. The van der Waals surface area contributed by atoms with Crippen molar-refractivity contribution in [3.63, 3.8) is 0 Å². The second kappa shape index (κ2) is 11.6. The van der Waals surface area contributed by atoms with E-state index in [1.165, 1.54) is 50.5 Å². The maximum atomic E-state index is 12.5. The molecule has 8 atom stereocenters. The van der Waals surface area contributed by atoms with Crippen LogP contribution in [0.5, 0.6) is 0 Å². The number of carbonyl (C=O) groups excluding carboxylic acids is 2. The molecule has 2 unspecified atom stereocenters. The van der Waals surface area contributed by atoms with Gasteiger partial charge in [-0.15, -0.1) is 0 Å². The van der Waals surface area contributed by atoms with Gasteiger partial charge in [0.1, 0.15) is 6.10 Å². The summed E-state index contributed by atoms with van der Waals surface area (Å²) in [5.74, 6) is 1.36. The van der Waals surface area contributed by atoms with E-state index in [1.807, 2.05) is 13.8 Å². The number of esters is 2. The molecule has 0 heterocycles. The quantitative estimate of drug-likeness (QED) is 0.194. The lowest BCUT2D eigenvalue weighted by molar-refractivity contribution is -0.168. The van der Waals surface area contributed by atoms with Crippen LogP contribution in [0, 0.1) is 50.7 Å². The first-order valence-electron chi connectivity index (χ1n) is 17.1. The number of rotatable bonds is 10. The van der Waals surface area contributed by atoms with Crippen LogP contribution in [0.25, 0.3) is 0 Å². The van der Waals surface area contributed by atoms with Crippen LogP contribution in [-0.2, 0) is 19.1 Å². The molecule has 0 radical (unpaired) electrons. The lowest BCUT2D eigenvalue weighted by atomic mass is 9.38. The lowest BCUT2D eigenvalue weighted by Gasteiger charge is -2.66. The highest BCUT2D eigenvalue weighted by molar-refractivity contribution is 5.77. The normalized spacial score (nSPS) is 39.3. The van der Waals surface area contributed by atoms with E-state index in [0.717, 1.165) is 37.5 Å². The van der Waals surface area contributed by atoms with Gasteiger partial charge in [-0.1, -0.05) is 93.7 Å². The molecule has 0 aromatic heterocycles. The topological polar surface area (TPSA) is 52.6 Å². The van der Waals surface area contributed by atoms with Crippen LogP contribution in [0.1, 0.15) is 146 Å². The van der Waals surface area contributed by atoms with E-state index < -0.39 is 5.97 Å². The average molecular weight is 571 g/mol. The summed E-state index contributed by atoms with van der Waals surface area (Å²) in [6.07, 6.45) is 16.5. The molecule has 0 amide bonds. The molecule has 234 valence electrons. The van der Waals surface area contributed by atoms with Gasteiger partial charge in [0.25, 0.3) is 0 Å². The van der Waals surface area contributed by atoms with Gasteiger partial charge in [0.2, 0.25) is 0 Å². The predicted octanol–water partition coefficient (Wildman–Crippen LogP) is 9.70. The van der Waals surface area contributed by atoms with Gasteiger partial charge in [-0.25, -0.2) is 4.79 Å². The Morgan fingerprint density at radius 3 is 2.37 bits per heavy atom. The Balaban J connectivity index is 1.47. The fraction of sp³-hybridized carbons (Fsp3) is 0.892. The highest BCUT2D eigenvalue weighted by atomic mass is 16.6. The van der Waals surface area contributed by atoms with E-state index in [1.54, 1.807) is 0 Å². The molecule has 3 fully saturated rings. The number of hydrogen-bond donors (Lipinski definition) is 0. The minimum Gasteiger partial charge on any atom is -0.460 e. The van der Waals surface area contributed by atoms with Gasteiger partial charge in [0.05, 0.1) is 5.92 Å². The molecular weight excluding hydrogens is 508 g/mol. The first-order chi connectivity index (χ1) is 19.0. The summed E-state index contributed by atoms with van der Waals surface area (Å²) in [5, 5.41) is 0. The van der Waals surface area contributed by atoms with Gasteiger partial charge >= 0.3 is 11.9 Å². The molecule has 4 heteroatoms. The Kier molecular flexibility index (Phi) is 9.25. The standard InChI is InChI=1S/C37H62O4/c1-11-26(4)32(39)40-24-31(38)41-28-16-19-35(8)27(23-28)14-15-29-34(7)21-22-36(9,30(34)17-20-37(29,35)10)33(5,6)18-12-13-25(2)3/h14,25-26,28-30H,11-13,15-24H2,1-10H3/t26?,28?,29-,30-,34-,35-,36-,37-/m0/s1. The van der Waals surface area contributed by atoms with Crippen molar-refractivity contribution in [2.75, 3.05) is 6.61 Å². The van der Waals surface area contributed by atoms with Crippen molar-refractivity contribution in [1.82, 2.24) is 0 Å². The Hall–Kier alpha value is -1.32. The molecule has 41 heavy (non-hydrogen) atoms.